The number of hydrogen-bond donors (Lipinski definition) is 1. The summed E-state index contributed by atoms with van der Waals surface area (Å²) in [6.45, 7) is 4.47. The molecule has 0 aliphatic carbocycles. The van der Waals surface area contributed by atoms with Crippen molar-refractivity contribution in [2.75, 3.05) is 5.73 Å². The second kappa shape index (κ2) is 5.90. The Morgan fingerprint density at radius 2 is 2.19 bits per heavy atom. The molecule has 0 saturated carbocycles. The number of nitrogen functional groups attached to an aromatic ring is 1. The minimum Gasteiger partial charge on any atom is -0.399 e. The van der Waals surface area contributed by atoms with Gasteiger partial charge in [-0.2, -0.15) is 11.3 Å². The van der Waals surface area contributed by atoms with Crippen LogP contribution < -0.4 is 5.73 Å². The van der Waals surface area contributed by atoms with Crippen LogP contribution in [0.5, 0.6) is 0 Å². The Morgan fingerprint density at radius 1 is 1.33 bits per heavy atom. The van der Waals surface area contributed by atoms with E-state index in [2.05, 4.69) is 41.3 Å². The summed E-state index contributed by atoms with van der Waals surface area (Å²) in [4.78, 5) is 4.80. The first-order chi connectivity index (χ1) is 10.2. The van der Waals surface area contributed by atoms with Crippen LogP contribution >= 0.6 is 11.3 Å². The lowest BCUT2D eigenvalue weighted by molar-refractivity contribution is 0.533. The normalized spacial score (nSPS) is 12.9. The molecule has 2 heterocycles. The SMILES string of the molecule is CCCc1nc2cc(N)ccc2n1C(C)Cc1ccsc1. The maximum Gasteiger partial charge on any atom is 0.110 e. The molecule has 0 radical (unpaired) electrons. The molecule has 0 aliphatic heterocycles. The number of anilines is 1. The lowest BCUT2D eigenvalue weighted by atomic mass is 10.1. The highest BCUT2D eigenvalue weighted by Gasteiger charge is 2.16. The number of fused-ring (bicyclic) bond motifs is 1. The fourth-order valence-corrected chi connectivity index (χ4v) is 3.58. The Kier molecular flexibility index (Phi) is 3.97. The Hall–Kier alpha value is -1.81. The molecule has 0 spiro atoms. The third-order valence-corrected chi connectivity index (χ3v) is 4.54. The molecule has 110 valence electrons. The van der Waals surface area contributed by atoms with Gasteiger partial charge in [-0.15, -0.1) is 0 Å². The van der Waals surface area contributed by atoms with E-state index in [-0.39, 0.29) is 0 Å². The minimum absolute atomic E-state index is 0.398. The number of hydrogen-bond acceptors (Lipinski definition) is 3. The van der Waals surface area contributed by atoms with E-state index < -0.39 is 0 Å². The van der Waals surface area contributed by atoms with Gasteiger partial charge in [0.1, 0.15) is 5.82 Å². The summed E-state index contributed by atoms with van der Waals surface area (Å²) in [7, 11) is 0. The second-order valence-corrected chi connectivity index (χ2v) is 6.36. The summed E-state index contributed by atoms with van der Waals surface area (Å²) < 4.78 is 2.38. The molecule has 1 aromatic carbocycles. The van der Waals surface area contributed by atoms with E-state index in [0.717, 1.165) is 30.5 Å². The minimum atomic E-state index is 0.398. The second-order valence-electron chi connectivity index (χ2n) is 5.58. The number of aromatic nitrogens is 2. The first-order valence-electron chi connectivity index (χ1n) is 7.46. The van der Waals surface area contributed by atoms with Crippen molar-refractivity contribution in [1.29, 1.82) is 0 Å². The van der Waals surface area contributed by atoms with E-state index in [4.69, 9.17) is 10.7 Å². The zero-order valence-electron chi connectivity index (χ0n) is 12.5. The molecule has 0 bridgehead atoms. The molecule has 3 nitrogen and oxygen atoms in total. The number of nitrogens with two attached hydrogens (primary N) is 1. The molecule has 3 rings (SSSR count). The monoisotopic (exact) mass is 299 g/mol. The van der Waals surface area contributed by atoms with Crippen LogP contribution in [0.15, 0.2) is 35.0 Å². The molecule has 0 saturated heterocycles. The van der Waals surface area contributed by atoms with Crippen LogP contribution in [0, 0.1) is 0 Å². The fourth-order valence-electron chi connectivity index (χ4n) is 2.90. The zero-order chi connectivity index (χ0) is 14.8. The number of nitrogens with zero attached hydrogens (tertiary/aromatic N) is 2. The molecular weight excluding hydrogens is 278 g/mol. The number of thiophene rings is 1. The van der Waals surface area contributed by atoms with Crippen LogP contribution in [0.4, 0.5) is 5.69 Å². The summed E-state index contributed by atoms with van der Waals surface area (Å²) >= 11 is 1.76. The average molecular weight is 299 g/mol. The van der Waals surface area contributed by atoms with Crippen LogP contribution in [0.2, 0.25) is 0 Å². The van der Waals surface area contributed by atoms with E-state index in [1.54, 1.807) is 11.3 Å². The number of benzene rings is 1. The van der Waals surface area contributed by atoms with Crippen LogP contribution in [-0.4, -0.2) is 9.55 Å². The Bertz CT molecular complexity index is 728. The number of rotatable bonds is 5. The van der Waals surface area contributed by atoms with Crippen LogP contribution in [0.3, 0.4) is 0 Å². The smallest absolute Gasteiger partial charge is 0.110 e. The van der Waals surface area contributed by atoms with Crippen molar-refractivity contribution in [1.82, 2.24) is 9.55 Å². The van der Waals surface area contributed by atoms with Crippen molar-refractivity contribution in [3.05, 3.63) is 46.4 Å². The van der Waals surface area contributed by atoms with Gasteiger partial charge in [-0.05, 0) is 60.4 Å². The highest BCUT2D eigenvalue weighted by Crippen LogP contribution is 2.26. The molecular formula is C17H21N3S. The standard InChI is InChI=1S/C17H21N3S/c1-3-4-17-19-15-10-14(18)5-6-16(15)20(17)12(2)9-13-7-8-21-11-13/h5-8,10-12H,3-4,9,18H2,1-2H3. The molecule has 0 aliphatic rings. The third kappa shape index (κ3) is 2.81. The highest BCUT2D eigenvalue weighted by atomic mass is 32.1. The van der Waals surface area contributed by atoms with Crippen molar-refractivity contribution < 1.29 is 0 Å². The summed E-state index contributed by atoms with van der Waals surface area (Å²) in [5, 5.41) is 4.37. The molecule has 21 heavy (non-hydrogen) atoms. The van der Waals surface area contributed by atoms with Crippen LogP contribution in [-0.2, 0) is 12.8 Å². The van der Waals surface area contributed by atoms with Gasteiger partial charge in [-0.1, -0.05) is 6.92 Å². The zero-order valence-corrected chi connectivity index (χ0v) is 13.4. The van der Waals surface area contributed by atoms with Crippen molar-refractivity contribution in [3.63, 3.8) is 0 Å². The van der Waals surface area contributed by atoms with E-state index in [0.29, 0.717) is 6.04 Å². The van der Waals surface area contributed by atoms with Gasteiger partial charge >= 0.3 is 0 Å². The summed E-state index contributed by atoms with van der Waals surface area (Å²) in [5.41, 5.74) is 10.3. The van der Waals surface area contributed by atoms with Gasteiger partial charge < -0.3 is 10.3 Å². The first-order valence-corrected chi connectivity index (χ1v) is 8.40. The number of imidazole rings is 1. The van der Waals surface area contributed by atoms with Gasteiger partial charge in [-0.3, -0.25) is 0 Å². The van der Waals surface area contributed by atoms with Gasteiger partial charge in [0, 0.05) is 18.2 Å². The van der Waals surface area contributed by atoms with Gasteiger partial charge in [-0.25, -0.2) is 4.98 Å². The van der Waals surface area contributed by atoms with Crippen molar-refractivity contribution in [3.8, 4) is 0 Å². The topological polar surface area (TPSA) is 43.8 Å². The van der Waals surface area contributed by atoms with Crippen molar-refractivity contribution >= 4 is 28.1 Å². The quantitative estimate of drug-likeness (QED) is 0.708. The third-order valence-electron chi connectivity index (χ3n) is 3.81. The number of aryl methyl sites for hydroxylation is 1. The maximum absolute atomic E-state index is 5.90. The van der Waals surface area contributed by atoms with Gasteiger partial charge in [0.2, 0.25) is 0 Å². The molecule has 2 aromatic heterocycles. The van der Waals surface area contributed by atoms with E-state index in [1.165, 1.54) is 16.9 Å². The van der Waals surface area contributed by atoms with E-state index >= 15 is 0 Å². The molecule has 4 heteroatoms. The Morgan fingerprint density at radius 3 is 2.90 bits per heavy atom. The summed E-state index contributed by atoms with van der Waals surface area (Å²) in [6, 6.07) is 8.64. The Labute approximate surface area is 129 Å². The fraction of sp³-hybridized carbons (Fsp3) is 0.353. The Balaban J connectivity index is 2.03. The van der Waals surface area contributed by atoms with Gasteiger partial charge in [0.25, 0.3) is 0 Å². The average Bonchev–Trinajstić information content (AvgIpc) is 3.05. The molecule has 3 aromatic rings. The van der Waals surface area contributed by atoms with Crippen LogP contribution in [0.1, 0.15) is 37.7 Å². The molecule has 1 atom stereocenters. The highest BCUT2D eigenvalue weighted by molar-refractivity contribution is 7.07. The lowest BCUT2D eigenvalue weighted by Crippen LogP contribution is -2.11. The molecule has 1 unspecified atom stereocenters. The van der Waals surface area contributed by atoms with E-state index in [9.17, 15) is 0 Å². The molecule has 0 amide bonds. The van der Waals surface area contributed by atoms with Gasteiger partial charge in [0.05, 0.1) is 11.0 Å². The lowest BCUT2D eigenvalue weighted by Gasteiger charge is -2.17. The van der Waals surface area contributed by atoms with Crippen LogP contribution in [0.25, 0.3) is 11.0 Å². The molecule has 2 N–H and O–H groups in total. The van der Waals surface area contributed by atoms with Gasteiger partial charge in [0.15, 0.2) is 0 Å². The predicted molar refractivity (Wildman–Crippen MR) is 90.9 cm³/mol. The first kappa shape index (κ1) is 14.1. The predicted octanol–water partition coefficient (Wildman–Crippen LogP) is 4.44. The molecule has 0 fully saturated rings. The largest absolute Gasteiger partial charge is 0.399 e. The van der Waals surface area contributed by atoms with Crippen molar-refractivity contribution in [2.24, 2.45) is 0 Å². The van der Waals surface area contributed by atoms with E-state index in [1.807, 2.05) is 12.1 Å². The maximum atomic E-state index is 5.90. The van der Waals surface area contributed by atoms with Crippen molar-refractivity contribution in [2.45, 2.75) is 39.2 Å². The summed E-state index contributed by atoms with van der Waals surface area (Å²) in [5.74, 6) is 1.17. The summed E-state index contributed by atoms with van der Waals surface area (Å²) in [6.07, 6.45) is 3.14.